The number of hydrogen-bond acceptors (Lipinski definition) is 3. The van der Waals surface area contributed by atoms with Crippen molar-refractivity contribution in [2.24, 2.45) is 23.7 Å². The van der Waals surface area contributed by atoms with E-state index in [2.05, 4.69) is 116 Å². The molecule has 2 bridgehead atoms. The summed E-state index contributed by atoms with van der Waals surface area (Å²) in [5.74, 6) is 2.49. The molecule has 4 heteroatoms. The quantitative estimate of drug-likeness (QED) is 0.173. The fraction of sp³-hybridized carbons (Fsp3) is 0.186. The van der Waals surface area contributed by atoms with E-state index in [9.17, 15) is 0 Å². The molecule has 3 aliphatic rings. The van der Waals surface area contributed by atoms with Gasteiger partial charge in [-0.15, -0.1) is 0 Å². The largest absolute Gasteiger partial charge is 0.456 e. The van der Waals surface area contributed by atoms with Gasteiger partial charge in [-0.3, -0.25) is 0 Å². The van der Waals surface area contributed by atoms with E-state index in [1.165, 1.54) is 47.9 Å². The molecule has 0 radical (unpaired) electrons. The number of nitrogens with zero attached hydrogens (tertiary/aromatic N) is 1. The molecule has 0 amide bonds. The van der Waals surface area contributed by atoms with Crippen LogP contribution in [0.2, 0.25) is 0 Å². The summed E-state index contributed by atoms with van der Waals surface area (Å²) in [4.78, 5) is 2.29. The molecule has 0 aliphatic heterocycles. The second-order valence-electron chi connectivity index (χ2n) is 18.8. The van der Waals surface area contributed by atoms with E-state index in [0.29, 0.717) is 17.4 Å². The van der Waals surface area contributed by atoms with Gasteiger partial charge in [0.1, 0.15) is 28.1 Å². The van der Waals surface area contributed by atoms with Gasteiger partial charge < -0.3 is 13.7 Å². The average Bonchev–Trinajstić information content (AvgIpc) is 3.98. The average molecular weight is 820 g/mol. The van der Waals surface area contributed by atoms with Gasteiger partial charge in [0.2, 0.25) is 0 Å². The van der Waals surface area contributed by atoms with E-state index in [1.807, 2.05) is 66.7 Å². The summed E-state index contributed by atoms with van der Waals surface area (Å²) in [7, 11) is 0. The van der Waals surface area contributed by atoms with Crippen LogP contribution in [0.25, 0.3) is 77.3 Å². The SMILES string of the molecule is CC1CC2CC(C)C3(c4ccccc4-c4ccc(-c5ccc(-c6ccc(N(c7cccc8oc9ccccc9c78)c7cccc8oc9ccccc9c78)cc6)c(F)c5)cc43)C(C1)C2. The zero-order valence-electron chi connectivity index (χ0n) is 35.4. The van der Waals surface area contributed by atoms with Gasteiger partial charge in [-0.2, -0.15) is 0 Å². The van der Waals surface area contributed by atoms with Crippen LogP contribution in [0, 0.1) is 29.5 Å². The Hall–Kier alpha value is -6.91. The van der Waals surface area contributed by atoms with Crippen LogP contribution in [0.15, 0.2) is 179 Å². The first-order valence-corrected chi connectivity index (χ1v) is 22.7. The van der Waals surface area contributed by atoms with Gasteiger partial charge in [-0.05, 0) is 149 Å². The Labute approximate surface area is 366 Å². The zero-order chi connectivity index (χ0) is 42.0. The van der Waals surface area contributed by atoms with Crippen LogP contribution in [0.3, 0.4) is 0 Å². The van der Waals surface area contributed by atoms with E-state index in [-0.39, 0.29) is 11.2 Å². The lowest BCUT2D eigenvalue weighted by molar-refractivity contribution is 0.0426. The second-order valence-corrected chi connectivity index (χ2v) is 18.8. The minimum Gasteiger partial charge on any atom is -0.456 e. The van der Waals surface area contributed by atoms with Gasteiger partial charge in [0.25, 0.3) is 0 Å². The van der Waals surface area contributed by atoms with Crippen molar-refractivity contribution >= 4 is 60.9 Å². The maximum absolute atomic E-state index is 16.7. The van der Waals surface area contributed by atoms with Gasteiger partial charge in [-0.1, -0.05) is 123 Å². The van der Waals surface area contributed by atoms with Crippen LogP contribution in [0.5, 0.6) is 0 Å². The Morgan fingerprint density at radius 2 is 1.06 bits per heavy atom. The number of fused-ring (bicyclic) bond motifs is 14. The number of anilines is 3. The Bertz CT molecular complexity index is 3330. The van der Waals surface area contributed by atoms with Gasteiger partial charge in [0.15, 0.2) is 0 Å². The van der Waals surface area contributed by atoms with Crippen molar-refractivity contribution in [3.05, 3.63) is 187 Å². The van der Waals surface area contributed by atoms with Crippen molar-refractivity contribution in [3.63, 3.8) is 0 Å². The van der Waals surface area contributed by atoms with E-state index in [0.717, 1.165) is 89.5 Å². The summed E-state index contributed by atoms with van der Waals surface area (Å²) >= 11 is 0. The summed E-state index contributed by atoms with van der Waals surface area (Å²) < 4.78 is 29.4. The topological polar surface area (TPSA) is 29.5 Å². The van der Waals surface area contributed by atoms with E-state index < -0.39 is 0 Å². The molecule has 306 valence electrons. The molecule has 2 aromatic heterocycles. The van der Waals surface area contributed by atoms with Crippen LogP contribution in [0.1, 0.15) is 50.7 Å². The third kappa shape index (κ3) is 5.37. The minimum absolute atomic E-state index is 0.00624. The van der Waals surface area contributed by atoms with Crippen molar-refractivity contribution in [2.45, 2.75) is 44.9 Å². The van der Waals surface area contributed by atoms with E-state index in [4.69, 9.17) is 8.83 Å². The highest BCUT2D eigenvalue weighted by Gasteiger charge is 2.56. The van der Waals surface area contributed by atoms with Crippen molar-refractivity contribution in [1.29, 1.82) is 0 Å². The van der Waals surface area contributed by atoms with Crippen molar-refractivity contribution in [1.82, 2.24) is 0 Å². The Kier molecular flexibility index (Phi) is 8.04. The number of furan rings is 2. The molecule has 0 saturated heterocycles. The highest BCUT2D eigenvalue weighted by atomic mass is 19.1. The number of rotatable bonds is 5. The molecule has 3 nitrogen and oxygen atoms in total. The summed E-state index contributed by atoms with van der Waals surface area (Å²) in [6, 6.07) is 59.1. The van der Waals surface area contributed by atoms with Crippen LogP contribution in [0.4, 0.5) is 21.5 Å². The van der Waals surface area contributed by atoms with Crippen LogP contribution < -0.4 is 4.90 Å². The van der Waals surface area contributed by atoms with Crippen molar-refractivity contribution in [2.75, 3.05) is 4.90 Å². The van der Waals surface area contributed by atoms with Crippen molar-refractivity contribution < 1.29 is 13.2 Å². The lowest BCUT2D eigenvalue weighted by Crippen LogP contribution is -2.49. The van der Waals surface area contributed by atoms with E-state index in [1.54, 1.807) is 6.07 Å². The molecule has 2 saturated carbocycles. The molecule has 10 aromatic rings. The number of benzene rings is 8. The molecule has 2 heterocycles. The van der Waals surface area contributed by atoms with Gasteiger partial charge in [0.05, 0.1) is 22.1 Å². The molecule has 0 N–H and O–H groups in total. The number of para-hydroxylation sites is 2. The first kappa shape index (κ1) is 36.7. The lowest BCUT2D eigenvalue weighted by Gasteiger charge is -2.54. The molecular weight excluding hydrogens is 774 g/mol. The van der Waals surface area contributed by atoms with Gasteiger partial charge in [0, 0.05) is 27.4 Å². The lowest BCUT2D eigenvalue weighted by atomic mass is 9.49. The Morgan fingerprint density at radius 3 is 1.75 bits per heavy atom. The van der Waals surface area contributed by atoms with Gasteiger partial charge in [-0.25, -0.2) is 4.39 Å². The monoisotopic (exact) mass is 819 g/mol. The zero-order valence-corrected chi connectivity index (χ0v) is 35.4. The van der Waals surface area contributed by atoms with Crippen LogP contribution in [-0.2, 0) is 5.41 Å². The maximum Gasteiger partial charge on any atom is 0.137 e. The molecular formula is C59H46FNO2. The molecule has 63 heavy (non-hydrogen) atoms. The molecule has 8 aromatic carbocycles. The highest BCUT2D eigenvalue weighted by molar-refractivity contribution is 6.17. The molecule has 5 unspecified atom stereocenters. The fourth-order valence-corrected chi connectivity index (χ4v) is 12.9. The molecule has 1 spiro atoms. The predicted molar refractivity (Wildman–Crippen MR) is 257 cm³/mol. The number of hydrogen-bond donors (Lipinski definition) is 0. The standard InChI is InChI=1S/C59H46FNO2/c1-35-29-37-31-36(2)59(41(30-35)32-37)48-14-6-3-11-44(48)45-28-24-39(33-49(45)59)40-23-27-43(50(60)34-40)38-21-25-42(26-22-38)61(51-15-9-19-55-57(51)46-12-4-7-17-53(46)62-55)52-16-10-20-56-58(52)47-13-5-8-18-54(47)63-56/h3-28,33-37,41H,29-32H2,1-2H3. The molecule has 13 rings (SSSR count). The third-order valence-corrected chi connectivity index (χ3v) is 15.3. The first-order chi connectivity index (χ1) is 30.9. The molecule has 3 aliphatic carbocycles. The number of halogens is 1. The summed E-state index contributed by atoms with van der Waals surface area (Å²) in [6.45, 7) is 4.97. The third-order valence-electron chi connectivity index (χ3n) is 15.3. The minimum atomic E-state index is -0.227. The highest BCUT2D eigenvalue weighted by Crippen LogP contribution is 2.65. The molecule has 2 fully saturated rings. The van der Waals surface area contributed by atoms with Crippen molar-refractivity contribution in [3.8, 4) is 33.4 Å². The summed E-state index contributed by atoms with van der Waals surface area (Å²) in [5, 5.41) is 4.15. The Morgan fingerprint density at radius 1 is 0.492 bits per heavy atom. The normalized spacial score (nSPS) is 21.4. The maximum atomic E-state index is 16.7. The fourth-order valence-electron chi connectivity index (χ4n) is 12.9. The summed E-state index contributed by atoms with van der Waals surface area (Å²) in [5.41, 5.74) is 15.3. The summed E-state index contributed by atoms with van der Waals surface area (Å²) in [6.07, 6.45) is 5.20. The Balaban J connectivity index is 0.903. The first-order valence-electron chi connectivity index (χ1n) is 22.7. The van der Waals surface area contributed by atoms with E-state index >= 15 is 4.39 Å². The van der Waals surface area contributed by atoms with Crippen LogP contribution >= 0.6 is 0 Å². The smallest absolute Gasteiger partial charge is 0.137 e. The molecule has 5 atom stereocenters. The predicted octanol–water partition coefficient (Wildman–Crippen LogP) is 16.8. The van der Waals surface area contributed by atoms with Gasteiger partial charge >= 0.3 is 0 Å². The van der Waals surface area contributed by atoms with Crippen LogP contribution in [-0.4, -0.2) is 0 Å². The second kappa shape index (κ2) is 13.8.